The van der Waals surface area contributed by atoms with E-state index < -0.39 is 0 Å². The predicted molar refractivity (Wildman–Crippen MR) is 92.9 cm³/mol. The molecule has 1 aliphatic rings. The first kappa shape index (κ1) is 17.4. The number of hydrogen-bond donors (Lipinski definition) is 2. The van der Waals surface area contributed by atoms with Crippen LogP contribution in [0.15, 0.2) is 22.7 Å². The number of benzene rings is 1. The smallest absolute Gasteiger partial charge is 0.241 e. The number of carbonyl (C=O) groups excluding carboxylic acids is 1. The van der Waals surface area contributed by atoms with Gasteiger partial charge in [0.25, 0.3) is 0 Å². The van der Waals surface area contributed by atoms with Crippen molar-refractivity contribution in [1.82, 2.24) is 4.90 Å². The second-order valence-electron chi connectivity index (χ2n) is 6.27. The second-order valence-corrected chi connectivity index (χ2v) is 7.12. The summed E-state index contributed by atoms with van der Waals surface area (Å²) in [5, 5.41) is 12.8. The van der Waals surface area contributed by atoms with E-state index in [1.165, 1.54) is 0 Å². The summed E-state index contributed by atoms with van der Waals surface area (Å²) in [6, 6.07) is 5.62. The van der Waals surface area contributed by atoms with Crippen LogP contribution in [0.3, 0.4) is 0 Å². The van der Waals surface area contributed by atoms with Gasteiger partial charge in [0.2, 0.25) is 5.91 Å². The van der Waals surface area contributed by atoms with Crippen LogP contribution in [0.2, 0.25) is 0 Å². The first-order valence-corrected chi connectivity index (χ1v) is 8.67. The average Bonchev–Trinajstić information content (AvgIpc) is 2.50. The van der Waals surface area contributed by atoms with Crippen LogP contribution in [0.4, 0.5) is 5.69 Å². The van der Waals surface area contributed by atoms with Gasteiger partial charge in [-0.3, -0.25) is 9.69 Å². The van der Waals surface area contributed by atoms with E-state index in [4.69, 9.17) is 0 Å². The molecule has 0 aromatic heterocycles. The van der Waals surface area contributed by atoms with Crippen LogP contribution >= 0.6 is 15.9 Å². The molecule has 0 aliphatic carbocycles. The standard InChI is InChI=1S/C17H25BrN2O2/c1-11-9-15(6-7-16(11)18)19-17(22)12(2)20-8-4-5-14(10-20)13(3)21/h6-7,9,12-14,21H,4-5,8,10H2,1-3H3,(H,19,22). The molecule has 2 N–H and O–H groups in total. The molecule has 0 spiro atoms. The molecule has 3 atom stereocenters. The average molecular weight is 369 g/mol. The van der Waals surface area contributed by atoms with Gasteiger partial charge in [0.1, 0.15) is 0 Å². The summed E-state index contributed by atoms with van der Waals surface area (Å²) in [7, 11) is 0. The maximum atomic E-state index is 12.5. The van der Waals surface area contributed by atoms with Crippen molar-refractivity contribution in [3.63, 3.8) is 0 Å². The molecular weight excluding hydrogens is 344 g/mol. The molecular formula is C17H25BrN2O2. The number of aliphatic hydroxyl groups excluding tert-OH is 1. The maximum Gasteiger partial charge on any atom is 0.241 e. The number of halogens is 1. The zero-order chi connectivity index (χ0) is 16.3. The van der Waals surface area contributed by atoms with E-state index in [0.29, 0.717) is 0 Å². The highest BCUT2D eigenvalue weighted by Gasteiger charge is 2.29. The van der Waals surface area contributed by atoms with Crippen molar-refractivity contribution in [2.24, 2.45) is 5.92 Å². The third-order valence-corrected chi connectivity index (χ3v) is 5.41. The molecule has 4 nitrogen and oxygen atoms in total. The van der Waals surface area contributed by atoms with Crippen LogP contribution in [0, 0.1) is 12.8 Å². The molecule has 5 heteroatoms. The molecule has 0 radical (unpaired) electrons. The number of amides is 1. The van der Waals surface area contributed by atoms with Gasteiger partial charge in [-0.1, -0.05) is 15.9 Å². The van der Waals surface area contributed by atoms with Crippen molar-refractivity contribution in [3.05, 3.63) is 28.2 Å². The van der Waals surface area contributed by atoms with E-state index in [9.17, 15) is 9.90 Å². The second kappa shape index (κ2) is 7.57. The van der Waals surface area contributed by atoms with E-state index in [0.717, 1.165) is 41.7 Å². The third kappa shape index (κ3) is 4.31. The Morgan fingerprint density at radius 3 is 2.82 bits per heavy atom. The Kier molecular flexibility index (Phi) is 6.01. The number of piperidine rings is 1. The minimum atomic E-state index is -0.313. The van der Waals surface area contributed by atoms with Crippen LogP contribution in [0.1, 0.15) is 32.3 Å². The summed E-state index contributed by atoms with van der Waals surface area (Å²) in [5.41, 5.74) is 1.92. The van der Waals surface area contributed by atoms with Crippen LogP contribution in [-0.2, 0) is 4.79 Å². The number of likely N-dealkylation sites (tertiary alicyclic amines) is 1. The number of nitrogens with one attached hydrogen (secondary N) is 1. The van der Waals surface area contributed by atoms with Gasteiger partial charge < -0.3 is 10.4 Å². The highest BCUT2D eigenvalue weighted by Crippen LogP contribution is 2.23. The summed E-state index contributed by atoms with van der Waals surface area (Å²) in [4.78, 5) is 14.6. The number of carbonyl (C=O) groups is 1. The van der Waals surface area contributed by atoms with Crippen LogP contribution in [-0.4, -0.2) is 41.1 Å². The summed E-state index contributed by atoms with van der Waals surface area (Å²) >= 11 is 3.46. The Hall–Kier alpha value is -0.910. The number of aryl methyl sites for hydroxylation is 1. The topological polar surface area (TPSA) is 52.6 Å². The van der Waals surface area contributed by atoms with Gasteiger partial charge in [-0.25, -0.2) is 0 Å². The maximum absolute atomic E-state index is 12.5. The van der Waals surface area contributed by atoms with Crippen LogP contribution < -0.4 is 5.32 Å². The Morgan fingerprint density at radius 2 is 2.18 bits per heavy atom. The van der Waals surface area contributed by atoms with Crippen LogP contribution in [0.25, 0.3) is 0 Å². The molecule has 2 rings (SSSR count). The summed E-state index contributed by atoms with van der Waals surface area (Å²) in [6.07, 6.45) is 1.76. The van der Waals surface area contributed by atoms with Crippen LogP contribution in [0.5, 0.6) is 0 Å². The van der Waals surface area contributed by atoms with Gasteiger partial charge in [-0.2, -0.15) is 0 Å². The third-order valence-electron chi connectivity index (χ3n) is 4.52. The fourth-order valence-corrected chi connectivity index (χ4v) is 3.17. The SMILES string of the molecule is Cc1cc(NC(=O)C(C)N2CCCC(C(C)O)C2)ccc1Br. The molecule has 22 heavy (non-hydrogen) atoms. The minimum Gasteiger partial charge on any atom is -0.393 e. The van der Waals surface area contributed by atoms with E-state index in [-0.39, 0.29) is 24.0 Å². The summed E-state index contributed by atoms with van der Waals surface area (Å²) in [5.74, 6) is 0.270. The first-order chi connectivity index (χ1) is 10.4. The van der Waals surface area contributed by atoms with E-state index in [1.807, 2.05) is 39.0 Å². The quantitative estimate of drug-likeness (QED) is 0.857. The monoisotopic (exact) mass is 368 g/mol. The van der Waals surface area contributed by atoms with Crippen molar-refractivity contribution in [3.8, 4) is 0 Å². The Balaban J connectivity index is 1.97. The molecule has 3 unspecified atom stereocenters. The molecule has 1 saturated heterocycles. The zero-order valence-electron chi connectivity index (χ0n) is 13.5. The molecule has 0 saturated carbocycles. The van der Waals surface area contributed by atoms with Crippen molar-refractivity contribution in [2.45, 2.75) is 45.8 Å². The lowest BCUT2D eigenvalue weighted by Crippen LogP contribution is -2.48. The van der Waals surface area contributed by atoms with Gasteiger partial charge in [-0.15, -0.1) is 0 Å². The van der Waals surface area contributed by atoms with E-state index in [1.54, 1.807) is 0 Å². The van der Waals surface area contributed by atoms with Crippen molar-refractivity contribution in [1.29, 1.82) is 0 Å². The van der Waals surface area contributed by atoms with Crippen molar-refractivity contribution >= 4 is 27.5 Å². The Labute approximate surface area is 141 Å². The number of nitrogens with zero attached hydrogens (tertiary/aromatic N) is 1. The highest BCUT2D eigenvalue weighted by molar-refractivity contribution is 9.10. The first-order valence-electron chi connectivity index (χ1n) is 7.87. The van der Waals surface area contributed by atoms with E-state index >= 15 is 0 Å². The lowest BCUT2D eigenvalue weighted by molar-refractivity contribution is -0.121. The minimum absolute atomic E-state index is 0.00738. The van der Waals surface area contributed by atoms with E-state index in [2.05, 4.69) is 26.1 Å². The largest absolute Gasteiger partial charge is 0.393 e. The lowest BCUT2D eigenvalue weighted by atomic mass is 9.92. The molecule has 122 valence electrons. The zero-order valence-corrected chi connectivity index (χ0v) is 15.1. The van der Waals surface area contributed by atoms with Crippen molar-refractivity contribution < 1.29 is 9.90 Å². The van der Waals surface area contributed by atoms with Gasteiger partial charge in [-0.05, 0) is 69.8 Å². The number of rotatable bonds is 4. The molecule has 1 aromatic rings. The van der Waals surface area contributed by atoms with Gasteiger partial charge in [0.05, 0.1) is 12.1 Å². The molecule has 1 aliphatic heterocycles. The molecule has 1 aromatic carbocycles. The Bertz CT molecular complexity index is 533. The lowest BCUT2D eigenvalue weighted by Gasteiger charge is -2.37. The fraction of sp³-hybridized carbons (Fsp3) is 0.588. The number of aliphatic hydroxyl groups is 1. The normalized spacial score (nSPS) is 22.1. The van der Waals surface area contributed by atoms with Crippen molar-refractivity contribution in [2.75, 3.05) is 18.4 Å². The van der Waals surface area contributed by atoms with Gasteiger partial charge in [0.15, 0.2) is 0 Å². The Morgan fingerprint density at radius 1 is 1.45 bits per heavy atom. The summed E-state index contributed by atoms with van der Waals surface area (Å²) in [6.45, 7) is 7.47. The molecule has 1 heterocycles. The molecule has 0 bridgehead atoms. The van der Waals surface area contributed by atoms with Gasteiger partial charge in [0, 0.05) is 16.7 Å². The molecule has 1 amide bonds. The molecule has 1 fully saturated rings. The summed E-state index contributed by atoms with van der Waals surface area (Å²) < 4.78 is 1.04. The van der Waals surface area contributed by atoms with Gasteiger partial charge >= 0.3 is 0 Å². The number of hydrogen-bond acceptors (Lipinski definition) is 3. The fourth-order valence-electron chi connectivity index (χ4n) is 2.92. The number of anilines is 1. The highest BCUT2D eigenvalue weighted by atomic mass is 79.9. The predicted octanol–water partition coefficient (Wildman–Crippen LogP) is 3.18.